The predicted octanol–water partition coefficient (Wildman–Crippen LogP) is 3.25. The van der Waals surface area contributed by atoms with E-state index in [1.54, 1.807) is 13.0 Å². The molecule has 1 aliphatic rings. The molecule has 1 fully saturated rings. The van der Waals surface area contributed by atoms with Crippen molar-refractivity contribution in [2.75, 3.05) is 26.2 Å². The van der Waals surface area contributed by atoms with Crippen molar-refractivity contribution < 1.29 is 8.78 Å². The van der Waals surface area contributed by atoms with Gasteiger partial charge >= 0.3 is 0 Å². The number of rotatable bonds is 3. The van der Waals surface area contributed by atoms with E-state index in [4.69, 9.17) is 0 Å². The zero-order valence-corrected chi connectivity index (χ0v) is 13.0. The van der Waals surface area contributed by atoms with Crippen LogP contribution >= 0.6 is 24.8 Å². The van der Waals surface area contributed by atoms with Gasteiger partial charge in [0.1, 0.15) is 11.6 Å². The molecule has 1 atom stereocenters. The Labute approximate surface area is 131 Å². The number of hydrogen-bond acceptors (Lipinski definition) is 2. The molecule has 0 unspecified atom stereocenters. The third-order valence-corrected chi connectivity index (χ3v) is 3.38. The van der Waals surface area contributed by atoms with Crippen LogP contribution in [-0.4, -0.2) is 31.1 Å². The van der Waals surface area contributed by atoms with E-state index in [1.165, 1.54) is 12.1 Å². The van der Waals surface area contributed by atoms with E-state index in [-0.39, 0.29) is 30.4 Å². The number of nitrogens with zero attached hydrogens (tertiary/aromatic N) is 1. The quantitative estimate of drug-likeness (QED) is 0.858. The molecule has 6 heteroatoms. The standard InChI is InChI=1S/C14H18F2N2.2ClH/c1-3-12(18-8-6-17-7-9-18)13-11(15)5-4-10(2)14(13)16;;/h3-5,12,17H,1,6-9H2,2H3;2*1H/t12-;;/m0../s1. The van der Waals surface area contributed by atoms with Crippen molar-refractivity contribution in [3.8, 4) is 0 Å². The first kappa shape index (κ1) is 19.3. The summed E-state index contributed by atoms with van der Waals surface area (Å²) in [6.45, 7) is 8.58. The molecule has 0 amide bonds. The Bertz CT molecular complexity index is 449. The minimum absolute atomic E-state index is 0. The molecule has 0 aromatic heterocycles. The highest BCUT2D eigenvalue weighted by atomic mass is 35.5. The summed E-state index contributed by atoms with van der Waals surface area (Å²) in [5.74, 6) is -0.958. The molecular weight excluding hydrogens is 305 g/mol. The third kappa shape index (κ3) is 3.92. The third-order valence-electron chi connectivity index (χ3n) is 3.38. The first-order valence-electron chi connectivity index (χ1n) is 6.17. The molecule has 1 heterocycles. The summed E-state index contributed by atoms with van der Waals surface area (Å²) in [6, 6.07) is 2.39. The van der Waals surface area contributed by atoms with Crippen LogP contribution in [0.2, 0.25) is 0 Å². The zero-order chi connectivity index (χ0) is 13.1. The summed E-state index contributed by atoms with van der Waals surface area (Å²) in [4.78, 5) is 2.05. The number of piperazine rings is 1. The monoisotopic (exact) mass is 324 g/mol. The van der Waals surface area contributed by atoms with E-state index < -0.39 is 17.7 Å². The highest BCUT2D eigenvalue weighted by molar-refractivity contribution is 5.85. The highest BCUT2D eigenvalue weighted by Gasteiger charge is 2.25. The van der Waals surface area contributed by atoms with E-state index in [9.17, 15) is 8.78 Å². The smallest absolute Gasteiger partial charge is 0.134 e. The van der Waals surface area contributed by atoms with Gasteiger partial charge < -0.3 is 5.32 Å². The molecule has 20 heavy (non-hydrogen) atoms. The van der Waals surface area contributed by atoms with Gasteiger partial charge in [-0.25, -0.2) is 8.78 Å². The number of benzene rings is 1. The van der Waals surface area contributed by atoms with Crippen molar-refractivity contribution >= 4 is 24.8 Å². The molecule has 1 aliphatic heterocycles. The van der Waals surface area contributed by atoms with Gasteiger partial charge in [-0.05, 0) is 18.6 Å². The van der Waals surface area contributed by atoms with Crippen molar-refractivity contribution in [2.24, 2.45) is 0 Å². The Hall–Kier alpha value is -0.680. The molecule has 0 spiro atoms. The summed E-state index contributed by atoms with van der Waals surface area (Å²) in [5.41, 5.74) is 0.584. The van der Waals surface area contributed by atoms with Gasteiger partial charge in [0.25, 0.3) is 0 Å². The second-order valence-electron chi connectivity index (χ2n) is 4.56. The van der Waals surface area contributed by atoms with E-state index in [0.29, 0.717) is 5.56 Å². The summed E-state index contributed by atoms with van der Waals surface area (Å²) in [5, 5.41) is 3.22. The van der Waals surface area contributed by atoms with Crippen molar-refractivity contribution in [3.05, 3.63) is 47.5 Å². The lowest BCUT2D eigenvalue weighted by molar-refractivity contribution is 0.197. The van der Waals surface area contributed by atoms with Gasteiger partial charge in [-0.2, -0.15) is 0 Å². The van der Waals surface area contributed by atoms with Crippen molar-refractivity contribution in [3.63, 3.8) is 0 Å². The maximum absolute atomic E-state index is 14.1. The number of halogens is 4. The molecule has 0 radical (unpaired) electrons. The average molecular weight is 325 g/mol. The fourth-order valence-corrected chi connectivity index (χ4v) is 2.36. The topological polar surface area (TPSA) is 15.3 Å². The van der Waals surface area contributed by atoms with Crippen LogP contribution in [0.1, 0.15) is 17.2 Å². The first-order valence-corrected chi connectivity index (χ1v) is 6.17. The number of aryl methyl sites for hydroxylation is 1. The number of hydrogen-bond donors (Lipinski definition) is 1. The fraction of sp³-hybridized carbons (Fsp3) is 0.429. The summed E-state index contributed by atoms with van der Waals surface area (Å²) < 4.78 is 28.0. The van der Waals surface area contributed by atoms with Gasteiger partial charge in [-0.1, -0.05) is 12.1 Å². The number of nitrogens with one attached hydrogen (secondary N) is 1. The van der Waals surface area contributed by atoms with Crippen LogP contribution in [0.25, 0.3) is 0 Å². The molecule has 0 aliphatic carbocycles. The van der Waals surface area contributed by atoms with Gasteiger partial charge in [-0.3, -0.25) is 4.90 Å². The summed E-state index contributed by atoms with van der Waals surface area (Å²) in [6.07, 6.45) is 1.62. The minimum atomic E-state index is -0.499. The van der Waals surface area contributed by atoms with E-state index in [1.807, 2.05) is 4.90 Å². The average Bonchev–Trinajstić information content (AvgIpc) is 2.40. The molecule has 1 saturated heterocycles. The SMILES string of the molecule is C=C[C@@H](c1c(F)ccc(C)c1F)N1CCNCC1.Cl.Cl. The maximum atomic E-state index is 14.1. The molecule has 2 nitrogen and oxygen atoms in total. The Morgan fingerprint density at radius 2 is 1.85 bits per heavy atom. The Kier molecular flexibility index (Phi) is 8.28. The maximum Gasteiger partial charge on any atom is 0.134 e. The highest BCUT2D eigenvalue weighted by Crippen LogP contribution is 2.28. The Morgan fingerprint density at radius 3 is 2.40 bits per heavy atom. The van der Waals surface area contributed by atoms with Crippen molar-refractivity contribution in [1.82, 2.24) is 10.2 Å². The molecule has 1 aromatic carbocycles. The summed E-state index contributed by atoms with van der Waals surface area (Å²) >= 11 is 0. The molecule has 0 saturated carbocycles. The van der Waals surface area contributed by atoms with Crippen LogP contribution in [0, 0.1) is 18.6 Å². The second-order valence-corrected chi connectivity index (χ2v) is 4.56. The fourth-order valence-electron chi connectivity index (χ4n) is 2.36. The molecule has 1 aromatic rings. The van der Waals surface area contributed by atoms with Gasteiger partial charge in [0, 0.05) is 31.7 Å². The Balaban J connectivity index is 0.00000180. The van der Waals surface area contributed by atoms with Crippen LogP contribution in [0.4, 0.5) is 8.78 Å². The molecule has 114 valence electrons. The lowest BCUT2D eigenvalue weighted by Crippen LogP contribution is -2.45. The van der Waals surface area contributed by atoms with Crippen LogP contribution in [0.5, 0.6) is 0 Å². The lowest BCUT2D eigenvalue weighted by Gasteiger charge is -2.33. The van der Waals surface area contributed by atoms with E-state index in [2.05, 4.69) is 11.9 Å². The van der Waals surface area contributed by atoms with Crippen molar-refractivity contribution in [2.45, 2.75) is 13.0 Å². The van der Waals surface area contributed by atoms with E-state index >= 15 is 0 Å². The van der Waals surface area contributed by atoms with Crippen LogP contribution in [0.3, 0.4) is 0 Å². The molecule has 2 rings (SSSR count). The van der Waals surface area contributed by atoms with E-state index in [0.717, 1.165) is 26.2 Å². The predicted molar refractivity (Wildman–Crippen MR) is 83.0 cm³/mol. The van der Waals surface area contributed by atoms with Gasteiger partial charge in [0.05, 0.1) is 6.04 Å². The summed E-state index contributed by atoms with van der Waals surface area (Å²) in [7, 11) is 0. The van der Waals surface area contributed by atoms with Crippen molar-refractivity contribution in [1.29, 1.82) is 0 Å². The van der Waals surface area contributed by atoms with Crippen LogP contribution in [0.15, 0.2) is 24.8 Å². The van der Waals surface area contributed by atoms with Gasteiger partial charge in [0.2, 0.25) is 0 Å². The minimum Gasteiger partial charge on any atom is -0.314 e. The van der Waals surface area contributed by atoms with Crippen LogP contribution < -0.4 is 5.32 Å². The largest absolute Gasteiger partial charge is 0.314 e. The Morgan fingerprint density at radius 1 is 1.25 bits per heavy atom. The molecule has 0 bridgehead atoms. The molecule has 1 N–H and O–H groups in total. The molecular formula is C14H20Cl2F2N2. The van der Waals surface area contributed by atoms with Crippen LogP contribution in [-0.2, 0) is 0 Å². The lowest BCUT2D eigenvalue weighted by atomic mass is 10.0. The van der Waals surface area contributed by atoms with Gasteiger partial charge in [0.15, 0.2) is 0 Å². The normalized spacial score (nSPS) is 16.8. The first-order chi connectivity index (χ1) is 8.65. The van der Waals surface area contributed by atoms with Gasteiger partial charge in [-0.15, -0.1) is 31.4 Å². The second kappa shape index (κ2) is 8.57. The zero-order valence-electron chi connectivity index (χ0n) is 11.4.